The van der Waals surface area contributed by atoms with E-state index in [1.54, 1.807) is 18.2 Å². The minimum Gasteiger partial charge on any atom is -0.392 e. The van der Waals surface area contributed by atoms with E-state index in [0.717, 1.165) is 12.0 Å². The molecule has 1 N–H and O–H groups in total. The van der Waals surface area contributed by atoms with E-state index in [2.05, 4.69) is 6.58 Å². The van der Waals surface area contributed by atoms with Crippen LogP contribution in [-0.2, 0) is 6.42 Å². The summed E-state index contributed by atoms with van der Waals surface area (Å²) in [5, 5.41) is 9.70. The molecule has 0 fully saturated rings. The normalized spacial score (nSPS) is 12.5. The van der Waals surface area contributed by atoms with Gasteiger partial charge in [0.05, 0.1) is 6.10 Å². The Morgan fingerprint density at radius 3 is 2.73 bits per heavy atom. The van der Waals surface area contributed by atoms with Crippen molar-refractivity contribution in [3.8, 4) is 0 Å². The van der Waals surface area contributed by atoms with Gasteiger partial charge in [-0.2, -0.15) is 0 Å². The van der Waals surface area contributed by atoms with Crippen molar-refractivity contribution >= 4 is 0 Å². The van der Waals surface area contributed by atoms with Gasteiger partial charge in [-0.25, -0.2) is 4.39 Å². The SMILES string of the molecule is C=C(CC)CC(O)Cc1ccccc1F. The minimum absolute atomic E-state index is 0.251. The smallest absolute Gasteiger partial charge is 0.126 e. The maximum absolute atomic E-state index is 13.2. The van der Waals surface area contributed by atoms with Gasteiger partial charge in [-0.1, -0.05) is 37.3 Å². The number of aliphatic hydroxyl groups excluding tert-OH is 1. The number of benzene rings is 1. The highest BCUT2D eigenvalue weighted by Crippen LogP contribution is 2.14. The molecule has 0 saturated carbocycles. The van der Waals surface area contributed by atoms with Gasteiger partial charge >= 0.3 is 0 Å². The van der Waals surface area contributed by atoms with Crippen molar-refractivity contribution in [2.24, 2.45) is 0 Å². The largest absolute Gasteiger partial charge is 0.392 e. The zero-order chi connectivity index (χ0) is 11.3. The summed E-state index contributed by atoms with van der Waals surface area (Å²) in [6.07, 6.45) is 1.22. The Kier molecular flexibility index (Phi) is 4.50. The third-order valence-corrected chi connectivity index (χ3v) is 2.44. The fourth-order valence-corrected chi connectivity index (χ4v) is 1.47. The monoisotopic (exact) mass is 208 g/mol. The van der Waals surface area contributed by atoms with E-state index in [4.69, 9.17) is 0 Å². The van der Waals surface area contributed by atoms with E-state index in [-0.39, 0.29) is 5.82 Å². The van der Waals surface area contributed by atoms with Gasteiger partial charge in [-0.15, -0.1) is 0 Å². The maximum atomic E-state index is 13.2. The maximum Gasteiger partial charge on any atom is 0.126 e. The molecule has 0 aliphatic heterocycles. The topological polar surface area (TPSA) is 20.2 Å². The second-order valence-electron chi connectivity index (χ2n) is 3.76. The van der Waals surface area contributed by atoms with Gasteiger partial charge in [-0.3, -0.25) is 0 Å². The van der Waals surface area contributed by atoms with E-state index in [9.17, 15) is 9.50 Å². The van der Waals surface area contributed by atoms with Crippen molar-refractivity contribution in [1.82, 2.24) is 0 Å². The minimum atomic E-state index is -0.533. The summed E-state index contributed by atoms with van der Waals surface area (Å²) in [7, 11) is 0. The molecular formula is C13H17FO. The molecule has 15 heavy (non-hydrogen) atoms. The molecule has 82 valence electrons. The van der Waals surface area contributed by atoms with Crippen LogP contribution in [0.5, 0.6) is 0 Å². The molecule has 0 heterocycles. The molecule has 1 unspecified atom stereocenters. The summed E-state index contributed by atoms with van der Waals surface area (Å²) < 4.78 is 13.2. The summed E-state index contributed by atoms with van der Waals surface area (Å²) >= 11 is 0. The highest BCUT2D eigenvalue weighted by Gasteiger charge is 2.09. The van der Waals surface area contributed by atoms with Crippen molar-refractivity contribution in [3.05, 3.63) is 47.8 Å². The van der Waals surface area contributed by atoms with Crippen molar-refractivity contribution in [2.75, 3.05) is 0 Å². The van der Waals surface area contributed by atoms with Gasteiger partial charge in [0.25, 0.3) is 0 Å². The van der Waals surface area contributed by atoms with Crippen LogP contribution in [-0.4, -0.2) is 11.2 Å². The second kappa shape index (κ2) is 5.66. The summed E-state index contributed by atoms with van der Waals surface area (Å²) in [4.78, 5) is 0. The highest BCUT2D eigenvalue weighted by atomic mass is 19.1. The summed E-state index contributed by atoms with van der Waals surface area (Å²) in [6.45, 7) is 5.82. The Labute approximate surface area is 90.3 Å². The van der Waals surface area contributed by atoms with Gasteiger partial charge in [0.1, 0.15) is 5.82 Å². The average Bonchev–Trinajstić information content (AvgIpc) is 2.21. The number of rotatable bonds is 5. The number of halogens is 1. The second-order valence-corrected chi connectivity index (χ2v) is 3.76. The molecule has 0 saturated heterocycles. The van der Waals surface area contributed by atoms with Crippen molar-refractivity contribution in [2.45, 2.75) is 32.3 Å². The lowest BCUT2D eigenvalue weighted by atomic mass is 10.0. The summed E-state index contributed by atoms with van der Waals surface area (Å²) in [5.74, 6) is -0.251. The molecule has 0 aromatic heterocycles. The van der Waals surface area contributed by atoms with Crippen molar-refractivity contribution in [1.29, 1.82) is 0 Å². The van der Waals surface area contributed by atoms with E-state index in [1.165, 1.54) is 6.07 Å². The fourth-order valence-electron chi connectivity index (χ4n) is 1.47. The van der Waals surface area contributed by atoms with E-state index < -0.39 is 6.10 Å². The highest BCUT2D eigenvalue weighted by molar-refractivity contribution is 5.18. The Morgan fingerprint density at radius 2 is 2.13 bits per heavy atom. The van der Waals surface area contributed by atoms with Crippen LogP contribution < -0.4 is 0 Å². The lowest BCUT2D eigenvalue weighted by Crippen LogP contribution is -2.12. The van der Waals surface area contributed by atoms with Crippen molar-refractivity contribution in [3.63, 3.8) is 0 Å². The van der Waals surface area contributed by atoms with Crippen LogP contribution in [0.15, 0.2) is 36.4 Å². The van der Waals surface area contributed by atoms with Gasteiger partial charge in [0.15, 0.2) is 0 Å². The Balaban J connectivity index is 2.55. The molecule has 1 rings (SSSR count). The van der Waals surface area contributed by atoms with Gasteiger partial charge in [0.2, 0.25) is 0 Å². The third-order valence-electron chi connectivity index (χ3n) is 2.44. The Bertz CT molecular complexity index is 333. The molecule has 1 aromatic rings. The first kappa shape index (κ1) is 11.9. The van der Waals surface area contributed by atoms with E-state index in [0.29, 0.717) is 18.4 Å². The average molecular weight is 208 g/mol. The van der Waals surface area contributed by atoms with E-state index in [1.807, 2.05) is 6.92 Å². The van der Waals surface area contributed by atoms with E-state index >= 15 is 0 Å². The molecular weight excluding hydrogens is 191 g/mol. The van der Waals surface area contributed by atoms with Gasteiger partial charge in [-0.05, 0) is 24.5 Å². The summed E-state index contributed by atoms with van der Waals surface area (Å²) in [5.41, 5.74) is 1.56. The van der Waals surface area contributed by atoms with Crippen LogP contribution >= 0.6 is 0 Å². The standard InChI is InChI=1S/C13H17FO/c1-3-10(2)8-12(15)9-11-6-4-5-7-13(11)14/h4-7,12,15H,2-3,8-9H2,1H3. The van der Waals surface area contributed by atoms with Crippen LogP contribution in [0.4, 0.5) is 4.39 Å². The molecule has 0 radical (unpaired) electrons. The summed E-state index contributed by atoms with van der Waals surface area (Å²) in [6, 6.07) is 6.54. The zero-order valence-corrected chi connectivity index (χ0v) is 9.04. The van der Waals surface area contributed by atoms with Crippen LogP contribution in [0.3, 0.4) is 0 Å². The van der Waals surface area contributed by atoms with Crippen molar-refractivity contribution < 1.29 is 9.50 Å². The molecule has 0 aliphatic rings. The van der Waals surface area contributed by atoms with Crippen LogP contribution in [0.1, 0.15) is 25.3 Å². The quantitative estimate of drug-likeness (QED) is 0.737. The predicted molar refractivity (Wildman–Crippen MR) is 60.2 cm³/mol. The third kappa shape index (κ3) is 3.84. The zero-order valence-electron chi connectivity index (χ0n) is 9.04. The number of hydrogen-bond acceptors (Lipinski definition) is 1. The van der Waals surface area contributed by atoms with Crippen LogP contribution in [0, 0.1) is 5.82 Å². The van der Waals surface area contributed by atoms with Gasteiger partial charge < -0.3 is 5.11 Å². The molecule has 1 nitrogen and oxygen atoms in total. The number of hydrogen-bond donors (Lipinski definition) is 1. The van der Waals surface area contributed by atoms with Crippen LogP contribution in [0.25, 0.3) is 0 Å². The van der Waals surface area contributed by atoms with Crippen LogP contribution in [0.2, 0.25) is 0 Å². The molecule has 0 spiro atoms. The predicted octanol–water partition coefficient (Wildman–Crippen LogP) is 3.09. The first-order chi connectivity index (χ1) is 7.13. The fraction of sp³-hybridized carbons (Fsp3) is 0.385. The molecule has 0 aliphatic carbocycles. The molecule has 0 amide bonds. The molecule has 0 bridgehead atoms. The van der Waals surface area contributed by atoms with Gasteiger partial charge in [0, 0.05) is 6.42 Å². The number of aliphatic hydroxyl groups is 1. The first-order valence-electron chi connectivity index (χ1n) is 5.21. The lowest BCUT2D eigenvalue weighted by Gasteiger charge is -2.11. The Hall–Kier alpha value is -1.15. The molecule has 1 aromatic carbocycles. The molecule has 2 heteroatoms. The Morgan fingerprint density at radius 1 is 1.47 bits per heavy atom. The lowest BCUT2D eigenvalue weighted by molar-refractivity contribution is 0.173. The first-order valence-corrected chi connectivity index (χ1v) is 5.21. The molecule has 1 atom stereocenters.